The summed E-state index contributed by atoms with van der Waals surface area (Å²) in [4.78, 5) is 27.3. The highest BCUT2D eigenvalue weighted by Crippen LogP contribution is 2.33. The molecule has 0 atom stereocenters. The molecular formula is C24H31N3O2. The summed E-state index contributed by atoms with van der Waals surface area (Å²) in [5.41, 5.74) is 8.42. The van der Waals surface area contributed by atoms with Gasteiger partial charge in [-0.05, 0) is 42.0 Å². The van der Waals surface area contributed by atoms with Crippen molar-refractivity contribution >= 4 is 17.5 Å². The highest BCUT2D eigenvalue weighted by atomic mass is 16.2. The molecule has 5 heteroatoms. The van der Waals surface area contributed by atoms with Gasteiger partial charge in [0.2, 0.25) is 11.8 Å². The Kier molecular flexibility index (Phi) is 6.70. The second-order valence-corrected chi connectivity index (χ2v) is 8.70. The van der Waals surface area contributed by atoms with Crippen molar-refractivity contribution in [3.63, 3.8) is 0 Å². The quantitative estimate of drug-likeness (QED) is 0.684. The van der Waals surface area contributed by atoms with Crippen molar-refractivity contribution in [3.8, 4) is 0 Å². The van der Waals surface area contributed by atoms with E-state index in [1.165, 1.54) is 0 Å². The Morgan fingerprint density at radius 2 is 1.72 bits per heavy atom. The maximum atomic E-state index is 12.9. The van der Waals surface area contributed by atoms with Crippen molar-refractivity contribution < 1.29 is 9.59 Å². The Morgan fingerprint density at radius 1 is 1.07 bits per heavy atom. The summed E-state index contributed by atoms with van der Waals surface area (Å²) in [5, 5.41) is 3.02. The molecular weight excluding hydrogens is 362 g/mol. The Bertz CT molecular complexity index is 844. The van der Waals surface area contributed by atoms with Gasteiger partial charge in [-0.25, -0.2) is 0 Å². The number of para-hydroxylation sites is 1. The number of nitrogens with two attached hydrogens (primary N) is 1. The van der Waals surface area contributed by atoms with E-state index in [0.29, 0.717) is 26.1 Å². The first kappa shape index (κ1) is 21.1. The fourth-order valence-corrected chi connectivity index (χ4v) is 3.34. The summed E-state index contributed by atoms with van der Waals surface area (Å²) in [6, 6.07) is 17.4. The van der Waals surface area contributed by atoms with Crippen LogP contribution in [0, 0.1) is 11.3 Å². The number of carbonyl (C=O) groups is 2. The van der Waals surface area contributed by atoms with Crippen LogP contribution in [0.1, 0.15) is 37.8 Å². The number of amides is 2. The van der Waals surface area contributed by atoms with Gasteiger partial charge in [0.25, 0.3) is 0 Å². The summed E-state index contributed by atoms with van der Waals surface area (Å²) in [6.07, 6.45) is 2.25. The van der Waals surface area contributed by atoms with Gasteiger partial charge in [0.05, 0.1) is 6.42 Å². The van der Waals surface area contributed by atoms with Crippen LogP contribution in [-0.2, 0) is 22.6 Å². The van der Waals surface area contributed by atoms with E-state index >= 15 is 0 Å². The van der Waals surface area contributed by atoms with E-state index in [0.717, 1.165) is 29.7 Å². The molecule has 1 aliphatic rings. The molecule has 0 bridgehead atoms. The van der Waals surface area contributed by atoms with E-state index in [-0.39, 0.29) is 23.1 Å². The van der Waals surface area contributed by atoms with Gasteiger partial charge < -0.3 is 16.0 Å². The number of carbonyl (C=O) groups excluding carboxylic acids is 2. The van der Waals surface area contributed by atoms with Crippen LogP contribution in [0.4, 0.5) is 5.69 Å². The number of hydrogen-bond acceptors (Lipinski definition) is 3. The third kappa shape index (κ3) is 6.16. The van der Waals surface area contributed by atoms with Crippen LogP contribution in [0.3, 0.4) is 0 Å². The van der Waals surface area contributed by atoms with E-state index in [1.54, 1.807) is 0 Å². The Hall–Kier alpha value is -2.66. The second-order valence-electron chi connectivity index (χ2n) is 8.70. The number of rotatable bonds is 9. The minimum Gasteiger partial charge on any atom is -0.337 e. The smallest absolute Gasteiger partial charge is 0.228 e. The normalized spacial score (nSPS) is 13.8. The average Bonchev–Trinajstić information content (AvgIpc) is 3.54. The average molecular weight is 394 g/mol. The molecule has 5 nitrogen and oxygen atoms in total. The topological polar surface area (TPSA) is 75.4 Å². The molecule has 0 spiro atoms. The summed E-state index contributed by atoms with van der Waals surface area (Å²) < 4.78 is 0. The molecule has 2 aromatic carbocycles. The van der Waals surface area contributed by atoms with E-state index in [4.69, 9.17) is 5.73 Å². The monoisotopic (exact) mass is 393 g/mol. The van der Waals surface area contributed by atoms with Crippen molar-refractivity contribution in [3.05, 3.63) is 65.7 Å². The molecule has 154 valence electrons. The molecule has 1 saturated carbocycles. The highest BCUT2D eigenvalue weighted by molar-refractivity contribution is 5.93. The Morgan fingerprint density at radius 3 is 2.38 bits per heavy atom. The predicted molar refractivity (Wildman–Crippen MR) is 116 cm³/mol. The SMILES string of the molecule is CC(C)(CN)CN(Cc1ccccc1NC(=O)Cc1ccccc1)C(=O)C1CC1. The highest BCUT2D eigenvalue weighted by Gasteiger charge is 2.35. The fraction of sp³-hybridized carbons (Fsp3) is 0.417. The van der Waals surface area contributed by atoms with Gasteiger partial charge >= 0.3 is 0 Å². The molecule has 0 aromatic heterocycles. The van der Waals surface area contributed by atoms with Crippen molar-refractivity contribution in [2.24, 2.45) is 17.1 Å². The van der Waals surface area contributed by atoms with Crippen molar-refractivity contribution in [2.45, 2.75) is 39.7 Å². The van der Waals surface area contributed by atoms with Crippen LogP contribution in [0.25, 0.3) is 0 Å². The van der Waals surface area contributed by atoms with Crippen LogP contribution in [-0.4, -0.2) is 29.8 Å². The first-order valence-corrected chi connectivity index (χ1v) is 10.3. The van der Waals surface area contributed by atoms with Crippen LogP contribution in [0.5, 0.6) is 0 Å². The molecule has 2 aromatic rings. The number of benzene rings is 2. The van der Waals surface area contributed by atoms with Crippen LogP contribution in [0.15, 0.2) is 54.6 Å². The van der Waals surface area contributed by atoms with Crippen LogP contribution in [0.2, 0.25) is 0 Å². The Labute approximate surface area is 173 Å². The van der Waals surface area contributed by atoms with Gasteiger partial charge in [-0.2, -0.15) is 0 Å². The lowest BCUT2D eigenvalue weighted by molar-refractivity contribution is -0.134. The summed E-state index contributed by atoms with van der Waals surface area (Å²) in [5.74, 6) is 0.270. The third-order valence-electron chi connectivity index (χ3n) is 5.27. The molecule has 0 heterocycles. The molecule has 2 amide bonds. The molecule has 29 heavy (non-hydrogen) atoms. The number of nitrogens with one attached hydrogen (secondary N) is 1. The van der Waals surface area contributed by atoms with E-state index in [2.05, 4.69) is 19.2 Å². The van der Waals surface area contributed by atoms with E-state index in [1.807, 2.05) is 59.5 Å². The van der Waals surface area contributed by atoms with E-state index in [9.17, 15) is 9.59 Å². The van der Waals surface area contributed by atoms with Gasteiger partial charge in [-0.1, -0.05) is 62.4 Å². The van der Waals surface area contributed by atoms with Crippen molar-refractivity contribution in [1.29, 1.82) is 0 Å². The third-order valence-corrected chi connectivity index (χ3v) is 5.27. The Balaban J connectivity index is 1.73. The van der Waals surface area contributed by atoms with Crippen LogP contribution < -0.4 is 11.1 Å². The van der Waals surface area contributed by atoms with E-state index < -0.39 is 0 Å². The number of anilines is 1. The first-order chi connectivity index (χ1) is 13.9. The van der Waals surface area contributed by atoms with Gasteiger partial charge in [-0.15, -0.1) is 0 Å². The zero-order chi connectivity index (χ0) is 20.9. The molecule has 3 rings (SSSR count). The maximum Gasteiger partial charge on any atom is 0.228 e. The van der Waals surface area contributed by atoms with Gasteiger partial charge in [-0.3, -0.25) is 9.59 Å². The van der Waals surface area contributed by atoms with Crippen molar-refractivity contribution in [1.82, 2.24) is 4.90 Å². The predicted octanol–water partition coefficient (Wildman–Crippen LogP) is 3.59. The lowest BCUT2D eigenvalue weighted by Crippen LogP contribution is -2.42. The first-order valence-electron chi connectivity index (χ1n) is 10.3. The van der Waals surface area contributed by atoms with Gasteiger partial charge in [0.15, 0.2) is 0 Å². The zero-order valence-electron chi connectivity index (χ0n) is 17.4. The van der Waals surface area contributed by atoms with Crippen LogP contribution >= 0.6 is 0 Å². The largest absolute Gasteiger partial charge is 0.337 e. The van der Waals surface area contributed by atoms with Gasteiger partial charge in [0.1, 0.15) is 0 Å². The maximum absolute atomic E-state index is 12.9. The minimum atomic E-state index is -0.157. The second kappa shape index (κ2) is 9.23. The lowest BCUT2D eigenvalue weighted by atomic mass is 9.92. The van der Waals surface area contributed by atoms with Crippen molar-refractivity contribution in [2.75, 3.05) is 18.4 Å². The summed E-state index contributed by atoms with van der Waals surface area (Å²) in [7, 11) is 0. The number of hydrogen-bond donors (Lipinski definition) is 2. The standard InChI is InChI=1S/C24H31N3O2/c1-24(2,16-25)17-27(23(29)19-12-13-19)15-20-10-6-7-11-21(20)26-22(28)14-18-8-4-3-5-9-18/h3-11,19H,12-17,25H2,1-2H3,(H,26,28). The molecule has 1 aliphatic carbocycles. The zero-order valence-corrected chi connectivity index (χ0v) is 17.4. The lowest BCUT2D eigenvalue weighted by Gasteiger charge is -2.32. The molecule has 0 radical (unpaired) electrons. The molecule has 3 N–H and O–H groups in total. The molecule has 1 fully saturated rings. The summed E-state index contributed by atoms with van der Waals surface area (Å²) in [6.45, 7) is 5.74. The molecule has 0 saturated heterocycles. The minimum absolute atomic E-state index is 0.0639. The fourth-order valence-electron chi connectivity index (χ4n) is 3.34. The van der Waals surface area contributed by atoms with Gasteiger partial charge in [0, 0.05) is 24.7 Å². The molecule has 0 aliphatic heterocycles. The molecule has 0 unspecified atom stereocenters. The summed E-state index contributed by atoms with van der Waals surface area (Å²) >= 11 is 0. The number of nitrogens with zero attached hydrogens (tertiary/aromatic N) is 1.